The van der Waals surface area contributed by atoms with Crippen LogP contribution in [0.3, 0.4) is 0 Å². The van der Waals surface area contributed by atoms with Gasteiger partial charge in [0.15, 0.2) is 0 Å². The lowest BCUT2D eigenvalue weighted by Crippen LogP contribution is -2.87. The molecule has 1 heterocycles. The average molecular weight is 278 g/mol. The minimum atomic E-state index is 0.123. The summed E-state index contributed by atoms with van der Waals surface area (Å²) in [6.45, 7) is 10.4. The number of hydrogen-bond acceptors (Lipinski definition) is 2. The molecule has 0 aromatic heterocycles. The van der Waals surface area contributed by atoms with Gasteiger partial charge in [0.1, 0.15) is 31.5 Å². The lowest BCUT2D eigenvalue weighted by molar-refractivity contribution is -0.661. The highest BCUT2D eigenvalue weighted by Crippen LogP contribution is 2.30. The van der Waals surface area contributed by atoms with Crippen LogP contribution in [-0.2, 0) is 10.2 Å². The molecule has 0 unspecified atom stereocenters. The van der Waals surface area contributed by atoms with E-state index in [9.17, 15) is 0 Å². The highest BCUT2D eigenvalue weighted by molar-refractivity contribution is 5.38. The summed E-state index contributed by atoms with van der Waals surface area (Å²) in [6.07, 6.45) is 2.88. The van der Waals surface area contributed by atoms with Crippen molar-refractivity contribution in [3.63, 3.8) is 0 Å². The predicted octanol–water partition coefficient (Wildman–Crippen LogP) is 2.11. The van der Waals surface area contributed by atoms with Crippen molar-refractivity contribution in [2.24, 2.45) is 0 Å². The Morgan fingerprint density at radius 2 is 2.10 bits per heavy atom. The van der Waals surface area contributed by atoms with Gasteiger partial charge >= 0.3 is 0 Å². The maximum Gasteiger partial charge on any atom is 0.137 e. The molecule has 0 amide bonds. The second kappa shape index (κ2) is 7.09. The van der Waals surface area contributed by atoms with Gasteiger partial charge in [0.2, 0.25) is 0 Å². The molecule has 2 rings (SSSR count). The number of hydrogen-bond donors (Lipinski definition) is 1. The second-order valence-electron chi connectivity index (χ2n) is 6.54. The highest BCUT2D eigenvalue weighted by atomic mass is 16.5. The van der Waals surface area contributed by atoms with Crippen LogP contribution in [0.4, 0.5) is 0 Å². The average Bonchev–Trinajstić information content (AvgIpc) is 2.91. The summed E-state index contributed by atoms with van der Waals surface area (Å²) < 4.78 is 11.6. The van der Waals surface area contributed by atoms with Crippen LogP contribution in [0.1, 0.15) is 39.2 Å². The third kappa shape index (κ3) is 4.50. The molecule has 1 saturated heterocycles. The Morgan fingerprint density at radius 1 is 1.30 bits per heavy atom. The first-order chi connectivity index (χ1) is 9.57. The second-order valence-corrected chi connectivity index (χ2v) is 6.54. The first-order valence-corrected chi connectivity index (χ1v) is 7.73. The maximum atomic E-state index is 5.96. The molecule has 0 aliphatic carbocycles. The smallest absolute Gasteiger partial charge is 0.137 e. The van der Waals surface area contributed by atoms with Crippen molar-refractivity contribution in [3.05, 3.63) is 29.8 Å². The standard InChI is InChI=1S/C17H27NO2/c1-17(2,3)15-8-4-5-9-16(15)20-12-10-18-13-14-7-6-11-19-14/h4-5,8-9,14,18H,6-7,10-13H2,1-3H3/p+1/t14-/m0/s1. The lowest BCUT2D eigenvalue weighted by Gasteiger charge is -2.22. The van der Waals surface area contributed by atoms with Gasteiger partial charge in [-0.3, -0.25) is 0 Å². The number of nitrogens with two attached hydrogens (primary N) is 1. The van der Waals surface area contributed by atoms with Crippen LogP contribution in [0.15, 0.2) is 24.3 Å². The van der Waals surface area contributed by atoms with Gasteiger partial charge in [-0.2, -0.15) is 0 Å². The number of quaternary nitrogens is 1. The van der Waals surface area contributed by atoms with Gasteiger partial charge in [-0.05, 0) is 29.9 Å². The minimum absolute atomic E-state index is 0.123. The van der Waals surface area contributed by atoms with Crippen molar-refractivity contribution in [3.8, 4) is 5.75 Å². The first-order valence-electron chi connectivity index (χ1n) is 7.73. The van der Waals surface area contributed by atoms with Crippen LogP contribution in [0, 0.1) is 0 Å². The fraction of sp³-hybridized carbons (Fsp3) is 0.647. The van der Waals surface area contributed by atoms with Crippen molar-refractivity contribution in [1.82, 2.24) is 0 Å². The number of rotatable bonds is 6. The first kappa shape index (κ1) is 15.3. The number of benzene rings is 1. The Hall–Kier alpha value is -1.06. The van der Waals surface area contributed by atoms with Crippen LogP contribution in [-0.4, -0.2) is 32.4 Å². The van der Waals surface area contributed by atoms with E-state index in [1.54, 1.807) is 0 Å². The molecule has 1 aromatic carbocycles. The van der Waals surface area contributed by atoms with Gasteiger partial charge in [0.05, 0.1) is 0 Å². The van der Waals surface area contributed by atoms with E-state index in [1.807, 2.05) is 6.07 Å². The topological polar surface area (TPSA) is 35.1 Å². The number of ether oxygens (including phenoxy) is 2. The van der Waals surface area contributed by atoms with Gasteiger partial charge in [0, 0.05) is 6.61 Å². The zero-order valence-corrected chi connectivity index (χ0v) is 13.0. The monoisotopic (exact) mass is 278 g/mol. The molecular weight excluding hydrogens is 250 g/mol. The van der Waals surface area contributed by atoms with Crippen LogP contribution in [0.2, 0.25) is 0 Å². The molecule has 1 fully saturated rings. The van der Waals surface area contributed by atoms with E-state index in [0.717, 1.165) is 32.1 Å². The van der Waals surface area contributed by atoms with E-state index in [1.165, 1.54) is 18.4 Å². The van der Waals surface area contributed by atoms with Crippen LogP contribution < -0.4 is 10.1 Å². The van der Waals surface area contributed by atoms with Crippen molar-refractivity contribution in [2.75, 3.05) is 26.3 Å². The third-order valence-corrected chi connectivity index (χ3v) is 3.73. The van der Waals surface area contributed by atoms with Crippen molar-refractivity contribution < 1.29 is 14.8 Å². The normalized spacial score (nSPS) is 19.2. The molecule has 0 saturated carbocycles. The molecule has 0 spiro atoms. The molecule has 1 atom stereocenters. The fourth-order valence-electron chi connectivity index (χ4n) is 2.60. The van der Waals surface area contributed by atoms with Crippen LogP contribution in [0.25, 0.3) is 0 Å². The Bertz CT molecular complexity index is 406. The Morgan fingerprint density at radius 3 is 2.80 bits per heavy atom. The molecular formula is C17H28NO2+. The summed E-state index contributed by atoms with van der Waals surface area (Å²) in [7, 11) is 0. The molecule has 2 N–H and O–H groups in total. The summed E-state index contributed by atoms with van der Waals surface area (Å²) in [4.78, 5) is 0. The zero-order chi connectivity index (χ0) is 14.4. The summed E-state index contributed by atoms with van der Waals surface area (Å²) in [5.41, 5.74) is 1.40. The van der Waals surface area contributed by atoms with E-state index < -0.39 is 0 Å². The van der Waals surface area contributed by atoms with Crippen molar-refractivity contribution in [2.45, 2.75) is 45.1 Å². The van der Waals surface area contributed by atoms with Crippen LogP contribution in [0.5, 0.6) is 5.75 Å². The zero-order valence-electron chi connectivity index (χ0n) is 13.0. The fourth-order valence-corrected chi connectivity index (χ4v) is 2.60. The highest BCUT2D eigenvalue weighted by Gasteiger charge is 2.19. The van der Waals surface area contributed by atoms with Gasteiger partial charge in [0.25, 0.3) is 0 Å². The molecule has 0 bridgehead atoms. The van der Waals surface area contributed by atoms with E-state index in [4.69, 9.17) is 9.47 Å². The quantitative estimate of drug-likeness (QED) is 0.809. The SMILES string of the molecule is CC(C)(C)c1ccccc1OCC[NH2+]C[C@@H]1CCCO1. The van der Waals surface area contributed by atoms with E-state index in [2.05, 4.69) is 44.3 Å². The van der Waals surface area contributed by atoms with Gasteiger partial charge in [-0.25, -0.2) is 0 Å². The van der Waals surface area contributed by atoms with Gasteiger partial charge in [-0.1, -0.05) is 39.0 Å². The molecule has 3 heteroatoms. The van der Waals surface area contributed by atoms with E-state index in [0.29, 0.717) is 6.10 Å². The molecule has 0 radical (unpaired) electrons. The maximum absolute atomic E-state index is 5.96. The van der Waals surface area contributed by atoms with Crippen molar-refractivity contribution in [1.29, 1.82) is 0 Å². The molecule has 112 valence electrons. The van der Waals surface area contributed by atoms with E-state index >= 15 is 0 Å². The number of para-hydroxylation sites is 1. The summed E-state index contributed by atoms with van der Waals surface area (Å²) in [5.74, 6) is 1.02. The molecule has 1 aromatic rings. The Kier molecular flexibility index (Phi) is 5.44. The summed E-state index contributed by atoms with van der Waals surface area (Å²) in [6, 6.07) is 8.35. The third-order valence-electron chi connectivity index (χ3n) is 3.73. The molecule has 20 heavy (non-hydrogen) atoms. The van der Waals surface area contributed by atoms with Crippen molar-refractivity contribution >= 4 is 0 Å². The predicted molar refractivity (Wildman–Crippen MR) is 81.3 cm³/mol. The Balaban J connectivity index is 1.73. The summed E-state index contributed by atoms with van der Waals surface area (Å²) in [5, 5.41) is 2.30. The Labute approximate surface area is 122 Å². The van der Waals surface area contributed by atoms with Gasteiger partial charge < -0.3 is 14.8 Å². The minimum Gasteiger partial charge on any atom is -0.487 e. The molecule has 1 aliphatic heterocycles. The van der Waals surface area contributed by atoms with E-state index in [-0.39, 0.29) is 5.41 Å². The lowest BCUT2D eigenvalue weighted by atomic mass is 9.86. The molecule has 3 nitrogen and oxygen atoms in total. The summed E-state index contributed by atoms with van der Waals surface area (Å²) >= 11 is 0. The molecule has 1 aliphatic rings. The van der Waals surface area contributed by atoms with Crippen LogP contribution >= 0.6 is 0 Å². The van der Waals surface area contributed by atoms with Gasteiger partial charge in [-0.15, -0.1) is 0 Å². The largest absolute Gasteiger partial charge is 0.487 e.